The van der Waals surface area contributed by atoms with E-state index in [9.17, 15) is 9.50 Å². The van der Waals surface area contributed by atoms with Crippen LogP contribution in [-0.4, -0.2) is 74.7 Å². The number of benzene rings is 2. The van der Waals surface area contributed by atoms with Crippen LogP contribution in [0, 0.1) is 5.82 Å². The lowest BCUT2D eigenvalue weighted by atomic mass is 9.98. The average molecular weight is 703 g/mol. The summed E-state index contributed by atoms with van der Waals surface area (Å²) in [6.45, 7) is 4.67. The Bertz CT molecular complexity index is 1900. The molecule has 0 unspecified atom stereocenters. The second kappa shape index (κ2) is 16.2. The topological polar surface area (TPSA) is 141 Å². The first-order chi connectivity index (χ1) is 23.7. The summed E-state index contributed by atoms with van der Waals surface area (Å²) in [5.74, 6) is 1.83. The van der Waals surface area contributed by atoms with Gasteiger partial charge in [-0.25, -0.2) is 24.3 Å². The highest BCUT2D eigenvalue weighted by Gasteiger charge is 2.37. The quantitative estimate of drug-likeness (QED) is 0.158. The van der Waals surface area contributed by atoms with Crippen LogP contribution in [0.1, 0.15) is 43.9 Å². The number of halogens is 2. The molecule has 6 rings (SSSR count). The highest BCUT2D eigenvalue weighted by molar-refractivity contribution is 5.85. The molecule has 0 aliphatic heterocycles. The van der Waals surface area contributed by atoms with E-state index >= 15 is 0 Å². The van der Waals surface area contributed by atoms with E-state index in [-0.39, 0.29) is 30.4 Å². The van der Waals surface area contributed by atoms with Gasteiger partial charge >= 0.3 is 0 Å². The molecule has 1 fully saturated rings. The number of aliphatic hydroxyl groups excluding tert-OH is 1. The van der Waals surface area contributed by atoms with Crippen LogP contribution in [0.15, 0.2) is 73.6 Å². The molecular formula is C36H40ClFN8O4. The van der Waals surface area contributed by atoms with Crippen molar-refractivity contribution in [3.05, 3.63) is 90.7 Å². The van der Waals surface area contributed by atoms with Gasteiger partial charge in [0.05, 0.1) is 44.0 Å². The lowest BCUT2D eigenvalue weighted by Crippen LogP contribution is -2.38. The lowest BCUT2D eigenvalue weighted by Gasteiger charge is -2.29. The van der Waals surface area contributed by atoms with Gasteiger partial charge in [-0.3, -0.25) is 0 Å². The second-order valence-electron chi connectivity index (χ2n) is 12.2. The normalized spacial score (nSPS) is 16.9. The zero-order valence-corrected chi connectivity index (χ0v) is 29.3. The Morgan fingerprint density at radius 3 is 2.40 bits per heavy atom. The van der Waals surface area contributed by atoms with E-state index in [0.29, 0.717) is 65.2 Å². The molecule has 3 heterocycles. The van der Waals surface area contributed by atoms with Gasteiger partial charge in [-0.05, 0) is 42.5 Å². The molecule has 3 atom stereocenters. The molecule has 0 radical (unpaired) electrons. The van der Waals surface area contributed by atoms with Crippen molar-refractivity contribution in [1.82, 2.24) is 35.5 Å². The van der Waals surface area contributed by atoms with Gasteiger partial charge in [-0.15, -0.1) is 22.6 Å². The Kier molecular flexibility index (Phi) is 11.7. The van der Waals surface area contributed by atoms with Crippen LogP contribution < -0.4 is 24.4 Å². The Morgan fingerprint density at radius 2 is 1.66 bits per heavy atom. The van der Waals surface area contributed by atoms with Crippen molar-refractivity contribution in [2.24, 2.45) is 0 Å². The van der Waals surface area contributed by atoms with Crippen LogP contribution in [-0.2, 0) is 6.54 Å². The highest BCUT2D eigenvalue weighted by atomic mass is 35.5. The van der Waals surface area contributed by atoms with Crippen molar-refractivity contribution in [2.45, 2.75) is 57.3 Å². The number of methoxy groups -OCH3 is 2. The van der Waals surface area contributed by atoms with E-state index in [1.807, 2.05) is 50.1 Å². The molecule has 0 saturated heterocycles. The minimum Gasteiger partial charge on any atom is -0.491 e. The molecule has 12 nitrogen and oxygen atoms in total. The smallest absolute Gasteiger partial charge is 0.276 e. The fourth-order valence-electron chi connectivity index (χ4n) is 6.16. The van der Waals surface area contributed by atoms with Crippen molar-refractivity contribution in [3.8, 4) is 45.5 Å². The third kappa shape index (κ3) is 7.91. The predicted octanol–water partition coefficient (Wildman–Crippen LogP) is 6.00. The monoisotopic (exact) mass is 702 g/mol. The molecule has 2 N–H and O–H groups in total. The van der Waals surface area contributed by atoms with Gasteiger partial charge in [0.15, 0.2) is 17.3 Å². The first-order valence-corrected chi connectivity index (χ1v) is 16.0. The van der Waals surface area contributed by atoms with Crippen LogP contribution in [0.2, 0.25) is 0 Å². The summed E-state index contributed by atoms with van der Waals surface area (Å²) >= 11 is 0. The fourth-order valence-corrected chi connectivity index (χ4v) is 6.16. The summed E-state index contributed by atoms with van der Waals surface area (Å²) in [4.78, 5) is 19.3. The maximum Gasteiger partial charge on any atom is 0.276 e. The Labute approximate surface area is 296 Å². The van der Waals surface area contributed by atoms with E-state index in [2.05, 4.69) is 35.5 Å². The maximum atomic E-state index is 14.5. The van der Waals surface area contributed by atoms with Crippen molar-refractivity contribution in [1.29, 1.82) is 0 Å². The molecular weight excluding hydrogens is 663 g/mol. The number of rotatable bonds is 12. The lowest BCUT2D eigenvalue weighted by molar-refractivity contribution is 0.160. The molecule has 1 aliphatic rings. The van der Waals surface area contributed by atoms with Crippen molar-refractivity contribution in [2.75, 3.05) is 26.2 Å². The number of nitrogens with one attached hydrogen (secondary N) is 1. The SMILES string of the molecule is COc1cc(-c2ccc(CN[C@H]3C[C@@H](O)[C@@H](N(C)c4ncncc4Oc4ccc(F)cc4-c4cncnc4C(C)C)C3)cc2)nnc1OC.Cl. The van der Waals surface area contributed by atoms with E-state index in [0.717, 1.165) is 16.8 Å². The Morgan fingerprint density at radius 1 is 0.900 bits per heavy atom. The first-order valence-electron chi connectivity index (χ1n) is 16.0. The molecule has 5 aromatic rings. The van der Waals surface area contributed by atoms with Crippen molar-refractivity contribution in [3.63, 3.8) is 0 Å². The van der Waals surface area contributed by atoms with Crippen molar-refractivity contribution >= 4 is 18.2 Å². The van der Waals surface area contributed by atoms with Crippen LogP contribution >= 0.6 is 12.4 Å². The zero-order valence-electron chi connectivity index (χ0n) is 28.4. The minimum absolute atomic E-state index is 0. The molecule has 262 valence electrons. The number of hydrogen-bond donors (Lipinski definition) is 2. The average Bonchev–Trinajstić information content (AvgIpc) is 3.51. The number of aliphatic hydroxyl groups is 1. The molecule has 3 aromatic heterocycles. The number of anilines is 1. The van der Waals surface area contributed by atoms with Gasteiger partial charge < -0.3 is 29.5 Å². The van der Waals surface area contributed by atoms with E-state index in [1.165, 1.54) is 31.9 Å². The Balaban J connectivity index is 0.00000486. The number of aromatic nitrogens is 6. The third-order valence-corrected chi connectivity index (χ3v) is 8.71. The summed E-state index contributed by atoms with van der Waals surface area (Å²) in [6.07, 6.45) is 6.82. The summed E-state index contributed by atoms with van der Waals surface area (Å²) in [7, 11) is 4.97. The molecule has 1 saturated carbocycles. The molecule has 0 spiro atoms. The summed E-state index contributed by atoms with van der Waals surface area (Å²) in [5.41, 5.74) is 4.67. The molecule has 0 amide bonds. The zero-order chi connectivity index (χ0) is 34.5. The standard InChI is InChI=1S/C36H39FN8O4.ClH/c1-21(2)34-27(17-38-19-41-34)26-12-24(37)10-11-31(26)49-33-18-39-20-42-35(33)45(3)29-13-25(14-30(29)46)40-16-22-6-8-23(9-7-22)28-15-32(47-4)36(48-5)44-43-28;/h6-12,15,17-21,25,29-30,40,46H,13-14,16H2,1-5H3;1H/t25-,29+,30-;/m1./s1. The van der Waals surface area contributed by atoms with Crippen LogP contribution in [0.4, 0.5) is 10.2 Å². The van der Waals surface area contributed by atoms with Crippen LogP contribution in [0.25, 0.3) is 22.4 Å². The largest absolute Gasteiger partial charge is 0.491 e. The van der Waals surface area contributed by atoms with E-state index in [1.54, 1.807) is 31.6 Å². The van der Waals surface area contributed by atoms with Gasteiger partial charge in [-0.2, -0.15) is 0 Å². The minimum atomic E-state index is -0.604. The van der Waals surface area contributed by atoms with Gasteiger partial charge in [-0.1, -0.05) is 38.1 Å². The summed E-state index contributed by atoms with van der Waals surface area (Å²) < 4.78 is 31.5. The van der Waals surface area contributed by atoms with Crippen LogP contribution in [0.5, 0.6) is 23.1 Å². The molecule has 50 heavy (non-hydrogen) atoms. The number of ether oxygens (including phenoxy) is 3. The van der Waals surface area contributed by atoms with Crippen molar-refractivity contribution < 1.29 is 23.7 Å². The van der Waals surface area contributed by atoms with Gasteiger partial charge in [0.1, 0.15) is 24.2 Å². The van der Waals surface area contributed by atoms with Gasteiger partial charge in [0.2, 0.25) is 0 Å². The Hall–Kier alpha value is -4.98. The van der Waals surface area contributed by atoms with Gasteiger partial charge in [0, 0.05) is 48.6 Å². The summed E-state index contributed by atoms with van der Waals surface area (Å²) in [5, 5.41) is 23.1. The molecule has 2 aromatic carbocycles. The summed E-state index contributed by atoms with van der Waals surface area (Å²) in [6, 6.07) is 14.0. The first kappa shape index (κ1) is 36.3. The maximum absolute atomic E-state index is 14.5. The third-order valence-electron chi connectivity index (χ3n) is 8.71. The number of likely N-dealkylation sites (N-methyl/N-ethyl adjacent to an activating group) is 1. The molecule has 1 aliphatic carbocycles. The predicted molar refractivity (Wildman–Crippen MR) is 190 cm³/mol. The van der Waals surface area contributed by atoms with Crippen LogP contribution in [0.3, 0.4) is 0 Å². The highest BCUT2D eigenvalue weighted by Crippen LogP contribution is 2.40. The molecule has 0 bridgehead atoms. The van der Waals surface area contributed by atoms with E-state index < -0.39 is 11.9 Å². The van der Waals surface area contributed by atoms with E-state index in [4.69, 9.17) is 14.2 Å². The fraction of sp³-hybridized carbons (Fsp3) is 0.333. The van der Waals surface area contributed by atoms with Gasteiger partial charge in [0.25, 0.3) is 5.88 Å². The second-order valence-corrected chi connectivity index (χ2v) is 12.2. The molecule has 14 heteroatoms. The number of hydrogen-bond acceptors (Lipinski definition) is 12. The number of nitrogens with zero attached hydrogens (tertiary/aromatic N) is 7.